The van der Waals surface area contributed by atoms with Crippen LogP contribution in [0.25, 0.3) is 0 Å². The van der Waals surface area contributed by atoms with E-state index >= 15 is 0 Å². The van der Waals surface area contributed by atoms with E-state index in [-0.39, 0.29) is 0 Å². The number of aromatic nitrogens is 1. The van der Waals surface area contributed by atoms with Gasteiger partial charge in [0.2, 0.25) is 0 Å². The van der Waals surface area contributed by atoms with Crippen LogP contribution in [0.3, 0.4) is 0 Å². The van der Waals surface area contributed by atoms with Crippen molar-refractivity contribution >= 4 is 27.4 Å². The van der Waals surface area contributed by atoms with Gasteiger partial charge in [-0.25, -0.2) is 4.98 Å². The number of fused-ring (bicyclic) bond motifs is 1. The Kier molecular flexibility index (Phi) is 3.29. The number of rotatable bonds is 3. The van der Waals surface area contributed by atoms with Gasteiger partial charge in [0.1, 0.15) is 11.6 Å². The molecule has 1 aliphatic heterocycles. The van der Waals surface area contributed by atoms with E-state index in [0.29, 0.717) is 12.2 Å². The number of nitrogens with zero attached hydrogens (tertiary/aromatic N) is 1. The zero-order valence-electron chi connectivity index (χ0n) is 10.3. The predicted molar refractivity (Wildman–Crippen MR) is 79.3 cm³/mol. The van der Waals surface area contributed by atoms with Gasteiger partial charge >= 0.3 is 0 Å². The molecule has 5 heteroatoms. The van der Waals surface area contributed by atoms with E-state index in [2.05, 4.69) is 38.4 Å². The highest BCUT2D eigenvalue weighted by Crippen LogP contribution is 2.33. The summed E-state index contributed by atoms with van der Waals surface area (Å²) in [6, 6.07) is 7.90. The monoisotopic (exact) mass is 319 g/mol. The van der Waals surface area contributed by atoms with E-state index in [1.54, 1.807) is 6.20 Å². The van der Waals surface area contributed by atoms with Gasteiger partial charge in [0, 0.05) is 23.0 Å². The van der Waals surface area contributed by atoms with Crippen LogP contribution in [0.5, 0.6) is 5.75 Å². The second-order valence-corrected chi connectivity index (χ2v) is 5.40. The van der Waals surface area contributed by atoms with Gasteiger partial charge in [-0.1, -0.05) is 15.9 Å². The molecule has 0 fully saturated rings. The summed E-state index contributed by atoms with van der Waals surface area (Å²) in [5.74, 6) is 1.81. The number of benzene rings is 1. The Labute approximate surface area is 120 Å². The molecule has 3 rings (SSSR count). The van der Waals surface area contributed by atoms with Crippen LogP contribution in [-0.2, 0) is 13.0 Å². The molecule has 3 N–H and O–H groups in total. The minimum atomic E-state index is 0.664. The summed E-state index contributed by atoms with van der Waals surface area (Å²) < 4.78 is 6.77. The lowest BCUT2D eigenvalue weighted by molar-refractivity contribution is 0.354. The van der Waals surface area contributed by atoms with E-state index in [1.165, 1.54) is 5.56 Å². The molecule has 0 spiro atoms. The van der Waals surface area contributed by atoms with Gasteiger partial charge in [-0.3, -0.25) is 0 Å². The molecule has 0 bridgehead atoms. The SMILES string of the molecule is Nc1ccc(NCc2cc(Br)cc3c2OCC3)nc1. The fourth-order valence-electron chi connectivity index (χ4n) is 2.17. The maximum atomic E-state index is 5.69. The van der Waals surface area contributed by atoms with Gasteiger partial charge in [0.25, 0.3) is 0 Å². The molecule has 0 aliphatic carbocycles. The normalized spacial score (nSPS) is 12.9. The summed E-state index contributed by atoms with van der Waals surface area (Å²) in [5, 5.41) is 3.28. The van der Waals surface area contributed by atoms with Gasteiger partial charge < -0.3 is 15.8 Å². The maximum absolute atomic E-state index is 5.69. The Balaban J connectivity index is 1.78. The fraction of sp³-hybridized carbons (Fsp3) is 0.214. The van der Waals surface area contributed by atoms with Gasteiger partial charge in [-0.05, 0) is 29.8 Å². The fourth-order valence-corrected chi connectivity index (χ4v) is 2.73. The van der Waals surface area contributed by atoms with Gasteiger partial charge in [-0.2, -0.15) is 0 Å². The van der Waals surface area contributed by atoms with Crippen LogP contribution in [0, 0.1) is 0 Å². The average molecular weight is 320 g/mol. The van der Waals surface area contributed by atoms with Crippen LogP contribution < -0.4 is 15.8 Å². The number of ether oxygens (including phenoxy) is 1. The summed E-state index contributed by atoms with van der Waals surface area (Å²) in [6.45, 7) is 1.44. The van der Waals surface area contributed by atoms with Crippen molar-refractivity contribution in [3.8, 4) is 5.75 Å². The van der Waals surface area contributed by atoms with Crippen molar-refractivity contribution in [2.24, 2.45) is 0 Å². The quantitative estimate of drug-likeness (QED) is 0.913. The summed E-state index contributed by atoms with van der Waals surface area (Å²) in [7, 11) is 0. The second-order valence-electron chi connectivity index (χ2n) is 4.48. The Morgan fingerprint density at radius 2 is 2.26 bits per heavy atom. The molecule has 0 unspecified atom stereocenters. The lowest BCUT2D eigenvalue weighted by Gasteiger charge is -2.10. The summed E-state index contributed by atoms with van der Waals surface area (Å²) >= 11 is 3.54. The van der Waals surface area contributed by atoms with Crippen molar-refractivity contribution in [3.63, 3.8) is 0 Å². The van der Waals surface area contributed by atoms with Crippen LogP contribution in [0.15, 0.2) is 34.9 Å². The number of pyridine rings is 1. The number of anilines is 2. The molecule has 0 saturated carbocycles. The molecule has 1 aliphatic rings. The molecule has 2 heterocycles. The number of nitrogen functional groups attached to an aromatic ring is 1. The van der Waals surface area contributed by atoms with Crippen LogP contribution in [0.1, 0.15) is 11.1 Å². The minimum absolute atomic E-state index is 0.664. The number of nitrogens with one attached hydrogen (secondary N) is 1. The Hall–Kier alpha value is -1.75. The summed E-state index contributed by atoms with van der Waals surface area (Å²) in [4.78, 5) is 4.22. The van der Waals surface area contributed by atoms with Gasteiger partial charge in [0.15, 0.2) is 0 Å². The zero-order chi connectivity index (χ0) is 13.2. The first-order valence-electron chi connectivity index (χ1n) is 6.12. The molecule has 0 saturated heterocycles. The number of halogens is 1. The standard InChI is InChI=1S/C14H14BrN3O/c15-11-5-9-3-4-19-14(9)10(6-11)7-17-13-2-1-12(16)8-18-13/h1-2,5-6,8H,3-4,7,16H2,(H,17,18). The first kappa shape index (κ1) is 12.3. The largest absolute Gasteiger partial charge is 0.493 e. The molecule has 19 heavy (non-hydrogen) atoms. The smallest absolute Gasteiger partial charge is 0.127 e. The third-order valence-corrected chi connectivity index (χ3v) is 3.53. The molecule has 1 aromatic heterocycles. The summed E-state index contributed by atoms with van der Waals surface area (Å²) in [6.07, 6.45) is 2.62. The number of hydrogen-bond donors (Lipinski definition) is 2. The minimum Gasteiger partial charge on any atom is -0.493 e. The lowest BCUT2D eigenvalue weighted by Crippen LogP contribution is -2.03. The van der Waals surface area contributed by atoms with E-state index < -0.39 is 0 Å². The number of hydrogen-bond acceptors (Lipinski definition) is 4. The third kappa shape index (κ3) is 2.66. The predicted octanol–water partition coefficient (Wildman–Crippen LogP) is 2.97. The molecule has 0 atom stereocenters. The first-order valence-corrected chi connectivity index (χ1v) is 6.91. The van der Waals surface area contributed by atoms with E-state index in [1.807, 2.05) is 12.1 Å². The first-order chi connectivity index (χ1) is 9.22. The van der Waals surface area contributed by atoms with Gasteiger partial charge in [-0.15, -0.1) is 0 Å². The van der Waals surface area contributed by atoms with Crippen molar-refractivity contribution in [1.82, 2.24) is 4.98 Å². The highest BCUT2D eigenvalue weighted by atomic mass is 79.9. The summed E-state index contributed by atoms with van der Waals surface area (Å²) in [5.41, 5.74) is 8.68. The van der Waals surface area contributed by atoms with Crippen LogP contribution in [0.4, 0.5) is 11.5 Å². The second kappa shape index (κ2) is 5.09. The van der Waals surface area contributed by atoms with Crippen LogP contribution >= 0.6 is 15.9 Å². The molecule has 4 nitrogen and oxygen atoms in total. The molecule has 0 amide bonds. The average Bonchev–Trinajstić information content (AvgIpc) is 2.85. The third-order valence-electron chi connectivity index (χ3n) is 3.07. The van der Waals surface area contributed by atoms with E-state index in [0.717, 1.165) is 34.6 Å². The van der Waals surface area contributed by atoms with E-state index in [4.69, 9.17) is 10.5 Å². The van der Waals surface area contributed by atoms with E-state index in [9.17, 15) is 0 Å². The molecular weight excluding hydrogens is 306 g/mol. The number of nitrogens with two attached hydrogens (primary N) is 1. The highest BCUT2D eigenvalue weighted by molar-refractivity contribution is 9.10. The van der Waals surface area contributed by atoms with Crippen molar-refractivity contribution in [1.29, 1.82) is 0 Å². The molecule has 0 radical (unpaired) electrons. The topological polar surface area (TPSA) is 60.2 Å². The van der Waals surface area contributed by atoms with Crippen molar-refractivity contribution in [2.45, 2.75) is 13.0 Å². The maximum Gasteiger partial charge on any atom is 0.127 e. The van der Waals surface area contributed by atoms with Crippen LogP contribution in [-0.4, -0.2) is 11.6 Å². The van der Waals surface area contributed by atoms with Crippen LogP contribution in [0.2, 0.25) is 0 Å². The van der Waals surface area contributed by atoms with Gasteiger partial charge in [0.05, 0.1) is 18.5 Å². The molecular formula is C14H14BrN3O. The van der Waals surface area contributed by atoms with Crippen molar-refractivity contribution in [2.75, 3.05) is 17.7 Å². The Bertz CT molecular complexity index is 598. The van der Waals surface area contributed by atoms with Crippen molar-refractivity contribution < 1.29 is 4.74 Å². The lowest BCUT2D eigenvalue weighted by atomic mass is 10.1. The van der Waals surface area contributed by atoms with Crippen molar-refractivity contribution in [3.05, 3.63) is 46.1 Å². The molecule has 1 aromatic carbocycles. The zero-order valence-corrected chi connectivity index (χ0v) is 11.9. The highest BCUT2D eigenvalue weighted by Gasteiger charge is 2.17. The molecule has 2 aromatic rings. The Morgan fingerprint density at radius 1 is 1.37 bits per heavy atom. The molecule has 98 valence electrons. The Morgan fingerprint density at radius 3 is 3.05 bits per heavy atom.